The Morgan fingerprint density at radius 3 is 3.18 bits per heavy atom. The van der Waals surface area contributed by atoms with E-state index in [0.717, 1.165) is 29.9 Å². The molecule has 0 saturated carbocycles. The Morgan fingerprint density at radius 2 is 2.35 bits per heavy atom. The Balaban J connectivity index is 2.04. The maximum atomic E-state index is 11.9. The van der Waals surface area contributed by atoms with Crippen LogP contribution in [-0.4, -0.2) is 20.3 Å². The van der Waals surface area contributed by atoms with Crippen LogP contribution in [0.4, 0.5) is 0 Å². The minimum atomic E-state index is -0.203. The summed E-state index contributed by atoms with van der Waals surface area (Å²) < 4.78 is 1.91. The lowest BCUT2D eigenvalue weighted by Gasteiger charge is -2.22. The van der Waals surface area contributed by atoms with Gasteiger partial charge in [0.05, 0.1) is 23.8 Å². The van der Waals surface area contributed by atoms with Crippen molar-refractivity contribution in [1.29, 1.82) is 0 Å². The molecule has 0 spiro atoms. The maximum Gasteiger partial charge on any atom is 0.234 e. The standard InChI is InChI=1S/C12H12N4O/c1-8-2-3-10(12(17)15-8)11-14-7-9-6-13-4-5-16(9)11/h4-7,10H,1-3H2,(H,15,17). The fraction of sp³-hybridized carbons (Fsp3) is 0.250. The van der Waals surface area contributed by atoms with Gasteiger partial charge in [0, 0.05) is 18.1 Å². The summed E-state index contributed by atoms with van der Waals surface area (Å²) in [5.41, 5.74) is 1.69. The highest BCUT2D eigenvalue weighted by Gasteiger charge is 2.28. The Kier molecular flexibility index (Phi) is 2.18. The van der Waals surface area contributed by atoms with Gasteiger partial charge >= 0.3 is 0 Å². The first kappa shape index (κ1) is 10.0. The molecule has 17 heavy (non-hydrogen) atoms. The van der Waals surface area contributed by atoms with E-state index in [-0.39, 0.29) is 11.8 Å². The van der Waals surface area contributed by atoms with Crippen molar-refractivity contribution in [2.24, 2.45) is 0 Å². The van der Waals surface area contributed by atoms with Crippen LogP contribution in [0.25, 0.3) is 5.52 Å². The van der Waals surface area contributed by atoms with Crippen molar-refractivity contribution in [2.45, 2.75) is 18.8 Å². The van der Waals surface area contributed by atoms with Crippen LogP contribution in [0.1, 0.15) is 24.6 Å². The molecule has 2 aromatic rings. The van der Waals surface area contributed by atoms with Gasteiger partial charge in [0.25, 0.3) is 0 Å². The van der Waals surface area contributed by atoms with Gasteiger partial charge in [-0.3, -0.25) is 9.78 Å². The van der Waals surface area contributed by atoms with Gasteiger partial charge in [-0.05, 0) is 12.8 Å². The summed E-state index contributed by atoms with van der Waals surface area (Å²) in [5, 5.41) is 2.78. The number of fused-ring (bicyclic) bond motifs is 1. The Morgan fingerprint density at radius 1 is 1.47 bits per heavy atom. The molecule has 1 amide bonds. The quantitative estimate of drug-likeness (QED) is 0.798. The Hall–Kier alpha value is -2.17. The lowest BCUT2D eigenvalue weighted by Crippen LogP contribution is -2.34. The molecule has 5 heteroatoms. The summed E-state index contributed by atoms with van der Waals surface area (Å²) in [7, 11) is 0. The zero-order valence-corrected chi connectivity index (χ0v) is 9.26. The molecule has 1 N–H and O–H groups in total. The lowest BCUT2D eigenvalue weighted by atomic mass is 9.96. The van der Waals surface area contributed by atoms with Gasteiger partial charge in [-0.1, -0.05) is 6.58 Å². The molecule has 1 saturated heterocycles. The number of piperidine rings is 1. The van der Waals surface area contributed by atoms with E-state index in [1.165, 1.54) is 0 Å². The number of imidazole rings is 1. The first-order valence-electron chi connectivity index (χ1n) is 5.51. The zero-order valence-electron chi connectivity index (χ0n) is 9.26. The highest BCUT2D eigenvalue weighted by atomic mass is 16.2. The third kappa shape index (κ3) is 1.60. The molecule has 0 radical (unpaired) electrons. The number of aromatic nitrogens is 3. The van der Waals surface area contributed by atoms with Gasteiger partial charge in [0.1, 0.15) is 5.82 Å². The molecule has 2 aromatic heterocycles. The number of carbonyl (C=O) groups is 1. The lowest BCUT2D eigenvalue weighted by molar-refractivity contribution is -0.123. The van der Waals surface area contributed by atoms with E-state index < -0.39 is 0 Å². The average molecular weight is 228 g/mol. The molecule has 0 aromatic carbocycles. The van der Waals surface area contributed by atoms with Crippen molar-refractivity contribution in [3.8, 4) is 0 Å². The van der Waals surface area contributed by atoms with Gasteiger partial charge < -0.3 is 9.72 Å². The van der Waals surface area contributed by atoms with Crippen LogP contribution >= 0.6 is 0 Å². The molecular formula is C12H12N4O. The summed E-state index contributed by atoms with van der Waals surface area (Å²) >= 11 is 0. The Bertz CT molecular complexity index is 601. The second-order valence-corrected chi connectivity index (χ2v) is 4.17. The number of nitrogens with zero attached hydrogens (tertiary/aromatic N) is 3. The SMILES string of the molecule is C=C1CCC(c2ncc3cnccn23)C(=O)N1. The van der Waals surface area contributed by atoms with Gasteiger partial charge in [-0.2, -0.15) is 0 Å². The molecule has 1 unspecified atom stereocenters. The number of amides is 1. The van der Waals surface area contributed by atoms with E-state index in [1.54, 1.807) is 18.6 Å². The molecule has 3 heterocycles. The summed E-state index contributed by atoms with van der Waals surface area (Å²) in [5.74, 6) is 0.545. The third-order valence-electron chi connectivity index (χ3n) is 3.03. The third-order valence-corrected chi connectivity index (χ3v) is 3.03. The number of hydrogen-bond acceptors (Lipinski definition) is 3. The van der Waals surface area contributed by atoms with Crippen molar-refractivity contribution < 1.29 is 4.79 Å². The minimum Gasteiger partial charge on any atom is -0.330 e. The Labute approximate surface area is 98.2 Å². The predicted molar refractivity (Wildman–Crippen MR) is 62.2 cm³/mol. The summed E-state index contributed by atoms with van der Waals surface area (Å²) in [6, 6.07) is 0. The van der Waals surface area contributed by atoms with E-state index in [9.17, 15) is 4.79 Å². The van der Waals surface area contributed by atoms with Crippen LogP contribution in [0.2, 0.25) is 0 Å². The van der Waals surface area contributed by atoms with Crippen LogP contribution in [0.5, 0.6) is 0 Å². The van der Waals surface area contributed by atoms with Gasteiger partial charge in [-0.15, -0.1) is 0 Å². The summed E-state index contributed by atoms with van der Waals surface area (Å²) in [6.45, 7) is 3.77. The van der Waals surface area contributed by atoms with E-state index >= 15 is 0 Å². The van der Waals surface area contributed by atoms with Gasteiger partial charge in [0.2, 0.25) is 5.91 Å². The fourth-order valence-corrected chi connectivity index (χ4v) is 2.15. The van der Waals surface area contributed by atoms with Crippen molar-refractivity contribution in [1.82, 2.24) is 19.7 Å². The number of allylic oxidation sites excluding steroid dienone is 1. The molecule has 1 aliphatic heterocycles. The van der Waals surface area contributed by atoms with Gasteiger partial charge in [-0.25, -0.2) is 4.98 Å². The number of nitrogens with one attached hydrogen (secondary N) is 1. The van der Waals surface area contributed by atoms with Crippen molar-refractivity contribution in [3.63, 3.8) is 0 Å². The summed E-state index contributed by atoms with van der Waals surface area (Å²) in [4.78, 5) is 20.3. The molecule has 86 valence electrons. The topological polar surface area (TPSA) is 59.3 Å². The molecule has 1 fully saturated rings. The molecular weight excluding hydrogens is 216 g/mol. The van der Waals surface area contributed by atoms with Crippen molar-refractivity contribution in [2.75, 3.05) is 0 Å². The van der Waals surface area contributed by atoms with E-state index in [2.05, 4.69) is 21.9 Å². The van der Waals surface area contributed by atoms with E-state index in [1.807, 2.05) is 10.6 Å². The molecule has 0 aliphatic carbocycles. The molecule has 1 atom stereocenters. The van der Waals surface area contributed by atoms with Crippen LogP contribution in [-0.2, 0) is 4.79 Å². The highest BCUT2D eigenvalue weighted by Crippen LogP contribution is 2.26. The fourth-order valence-electron chi connectivity index (χ4n) is 2.15. The largest absolute Gasteiger partial charge is 0.330 e. The molecule has 3 rings (SSSR count). The zero-order chi connectivity index (χ0) is 11.8. The molecule has 5 nitrogen and oxygen atoms in total. The van der Waals surface area contributed by atoms with Crippen molar-refractivity contribution in [3.05, 3.63) is 42.9 Å². The average Bonchev–Trinajstić information content (AvgIpc) is 2.73. The number of rotatable bonds is 1. The predicted octanol–water partition coefficient (Wildman–Crippen LogP) is 1.24. The smallest absolute Gasteiger partial charge is 0.234 e. The minimum absolute atomic E-state index is 0.0226. The van der Waals surface area contributed by atoms with Crippen LogP contribution in [0, 0.1) is 0 Å². The number of carbonyl (C=O) groups excluding carboxylic acids is 1. The van der Waals surface area contributed by atoms with E-state index in [0.29, 0.717) is 0 Å². The maximum absolute atomic E-state index is 11.9. The summed E-state index contributed by atoms with van der Waals surface area (Å²) in [6.07, 6.45) is 8.55. The molecule has 1 aliphatic rings. The van der Waals surface area contributed by atoms with Crippen molar-refractivity contribution >= 4 is 11.4 Å². The number of hydrogen-bond donors (Lipinski definition) is 1. The first-order valence-corrected chi connectivity index (χ1v) is 5.51. The molecule has 0 bridgehead atoms. The highest BCUT2D eigenvalue weighted by molar-refractivity contribution is 5.85. The van der Waals surface area contributed by atoms with Crippen LogP contribution in [0.3, 0.4) is 0 Å². The van der Waals surface area contributed by atoms with Crippen LogP contribution in [0.15, 0.2) is 37.1 Å². The normalized spacial score (nSPS) is 20.6. The monoisotopic (exact) mass is 228 g/mol. The van der Waals surface area contributed by atoms with Gasteiger partial charge in [0.15, 0.2) is 0 Å². The second kappa shape index (κ2) is 3.69. The first-order chi connectivity index (χ1) is 8.25. The second-order valence-electron chi connectivity index (χ2n) is 4.17. The van der Waals surface area contributed by atoms with Crippen LogP contribution < -0.4 is 5.32 Å². The van der Waals surface area contributed by atoms with E-state index in [4.69, 9.17) is 0 Å².